The number of hydrogen-bond acceptors (Lipinski definition) is 3. The molecule has 6 heteroatoms. The Labute approximate surface area is 154 Å². The van der Waals surface area contributed by atoms with Crippen molar-refractivity contribution >= 4 is 28.8 Å². The Morgan fingerprint density at radius 2 is 1.84 bits per heavy atom. The van der Waals surface area contributed by atoms with E-state index in [0.29, 0.717) is 23.6 Å². The van der Waals surface area contributed by atoms with Gasteiger partial charge in [0.25, 0.3) is 5.91 Å². The van der Waals surface area contributed by atoms with Crippen LogP contribution < -0.4 is 5.32 Å². The molecule has 0 radical (unpaired) electrons. The third-order valence-electron chi connectivity index (χ3n) is 3.73. The third kappa shape index (κ3) is 4.44. The molecular weight excluding hydrogens is 359 g/mol. The monoisotopic (exact) mass is 374 g/mol. The van der Waals surface area contributed by atoms with Gasteiger partial charge in [-0.3, -0.25) is 4.79 Å². The number of aromatic nitrogens is 1. The van der Waals surface area contributed by atoms with E-state index >= 15 is 0 Å². The Balaban J connectivity index is 1.61. The fourth-order valence-corrected chi connectivity index (χ4v) is 3.56. The topological polar surface area (TPSA) is 42.0 Å². The van der Waals surface area contributed by atoms with Crippen LogP contribution in [0.1, 0.15) is 20.9 Å². The molecule has 0 saturated carbocycles. The average molecular weight is 375 g/mol. The van der Waals surface area contributed by atoms with Crippen molar-refractivity contribution in [3.05, 3.63) is 75.5 Å². The predicted octanol–water partition coefficient (Wildman–Crippen LogP) is 4.88. The summed E-state index contributed by atoms with van der Waals surface area (Å²) in [5, 5.41) is 4.48. The van der Waals surface area contributed by atoms with Gasteiger partial charge in [-0.15, -0.1) is 11.3 Å². The zero-order chi connectivity index (χ0) is 17.8. The molecule has 1 amide bonds. The Kier molecular flexibility index (Phi) is 5.46. The molecule has 0 aliphatic carbocycles. The molecule has 0 fully saturated rings. The molecule has 2 aromatic carbocycles. The van der Waals surface area contributed by atoms with Crippen LogP contribution in [0.4, 0.5) is 4.39 Å². The summed E-state index contributed by atoms with van der Waals surface area (Å²) in [6.45, 7) is 2.46. The van der Waals surface area contributed by atoms with Crippen LogP contribution in [0.25, 0.3) is 10.6 Å². The molecule has 3 nitrogen and oxygen atoms in total. The second-order valence-electron chi connectivity index (χ2n) is 5.55. The molecule has 0 saturated heterocycles. The number of carbonyl (C=O) groups excluding carboxylic acids is 1. The maximum Gasteiger partial charge on any atom is 0.251 e. The van der Waals surface area contributed by atoms with Gasteiger partial charge >= 0.3 is 0 Å². The summed E-state index contributed by atoms with van der Waals surface area (Å²) in [5.74, 6) is -0.563. The summed E-state index contributed by atoms with van der Waals surface area (Å²) in [4.78, 5) is 17.8. The van der Waals surface area contributed by atoms with Gasteiger partial charge in [-0.25, -0.2) is 9.37 Å². The number of amides is 1. The summed E-state index contributed by atoms with van der Waals surface area (Å²) >= 11 is 7.53. The van der Waals surface area contributed by atoms with E-state index in [4.69, 9.17) is 11.6 Å². The van der Waals surface area contributed by atoms with Gasteiger partial charge in [0.2, 0.25) is 0 Å². The van der Waals surface area contributed by atoms with Crippen LogP contribution >= 0.6 is 22.9 Å². The largest absolute Gasteiger partial charge is 0.352 e. The number of nitrogens with zero attached hydrogens (tertiary/aromatic N) is 1. The fourth-order valence-electron chi connectivity index (χ4n) is 2.37. The lowest BCUT2D eigenvalue weighted by Crippen LogP contribution is -2.25. The molecule has 0 bridgehead atoms. The zero-order valence-electron chi connectivity index (χ0n) is 13.6. The van der Waals surface area contributed by atoms with Crippen LogP contribution in [-0.2, 0) is 6.42 Å². The Morgan fingerprint density at radius 1 is 1.16 bits per heavy atom. The van der Waals surface area contributed by atoms with Crippen molar-refractivity contribution in [2.45, 2.75) is 13.3 Å². The van der Waals surface area contributed by atoms with E-state index in [2.05, 4.69) is 10.3 Å². The second kappa shape index (κ2) is 7.76. The van der Waals surface area contributed by atoms with Gasteiger partial charge in [-0.1, -0.05) is 23.7 Å². The van der Waals surface area contributed by atoms with Crippen molar-refractivity contribution in [3.63, 3.8) is 0 Å². The molecule has 3 rings (SSSR count). The number of carbonyl (C=O) groups is 1. The minimum Gasteiger partial charge on any atom is -0.352 e. The summed E-state index contributed by atoms with van der Waals surface area (Å²) in [7, 11) is 0. The smallest absolute Gasteiger partial charge is 0.251 e. The molecule has 0 aliphatic rings. The number of hydrogen-bond donors (Lipinski definition) is 1. The molecule has 3 aromatic rings. The van der Waals surface area contributed by atoms with Crippen LogP contribution in [0.2, 0.25) is 5.02 Å². The van der Waals surface area contributed by atoms with E-state index in [9.17, 15) is 9.18 Å². The normalized spacial score (nSPS) is 10.7. The first kappa shape index (κ1) is 17.6. The summed E-state index contributed by atoms with van der Waals surface area (Å²) in [6.07, 6.45) is 0.698. The first-order valence-corrected chi connectivity index (χ1v) is 8.98. The fraction of sp³-hybridized carbons (Fsp3) is 0.158. The Hall–Kier alpha value is -2.24. The lowest BCUT2D eigenvalue weighted by Gasteiger charge is -2.04. The number of nitrogens with one attached hydrogen (secondary N) is 1. The maximum atomic E-state index is 12.9. The quantitative estimate of drug-likeness (QED) is 0.691. The highest BCUT2D eigenvalue weighted by Crippen LogP contribution is 2.28. The molecule has 128 valence electrons. The molecular formula is C19H16ClFN2OS. The molecule has 0 atom stereocenters. The van der Waals surface area contributed by atoms with Gasteiger partial charge in [0.15, 0.2) is 0 Å². The number of rotatable bonds is 5. The molecule has 0 unspecified atom stereocenters. The highest BCUT2D eigenvalue weighted by Gasteiger charge is 2.10. The van der Waals surface area contributed by atoms with E-state index in [0.717, 1.165) is 21.1 Å². The molecule has 1 aromatic heterocycles. The second-order valence-corrected chi connectivity index (χ2v) is 7.07. The predicted molar refractivity (Wildman–Crippen MR) is 99.7 cm³/mol. The number of benzene rings is 2. The van der Waals surface area contributed by atoms with E-state index < -0.39 is 0 Å². The standard InChI is InChI=1S/C19H16ClFN2OS/c1-12-17(25-19(23-12)14-2-6-15(20)7-3-14)10-11-22-18(24)13-4-8-16(21)9-5-13/h2-9H,10-11H2,1H3,(H,22,24). The molecule has 0 spiro atoms. The van der Waals surface area contributed by atoms with Gasteiger partial charge < -0.3 is 5.32 Å². The number of aryl methyl sites for hydroxylation is 1. The van der Waals surface area contributed by atoms with Gasteiger partial charge in [-0.05, 0) is 43.3 Å². The van der Waals surface area contributed by atoms with Gasteiger partial charge in [0, 0.05) is 34.0 Å². The van der Waals surface area contributed by atoms with Crippen molar-refractivity contribution < 1.29 is 9.18 Å². The highest BCUT2D eigenvalue weighted by molar-refractivity contribution is 7.15. The Bertz CT molecular complexity index is 875. The maximum absolute atomic E-state index is 12.9. The van der Waals surface area contributed by atoms with Crippen molar-refractivity contribution in [1.82, 2.24) is 10.3 Å². The third-order valence-corrected chi connectivity index (χ3v) is 5.25. The first-order valence-electron chi connectivity index (χ1n) is 7.79. The minimum atomic E-state index is -0.355. The lowest BCUT2D eigenvalue weighted by atomic mass is 10.2. The van der Waals surface area contributed by atoms with E-state index in [-0.39, 0.29) is 11.7 Å². The summed E-state index contributed by atoms with van der Waals surface area (Å²) < 4.78 is 12.9. The van der Waals surface area contributed by atoms with Gasteiger partial charge in [0.05, 0.1) is 5.69 Å². The minimum absolute atomic E-state index is 0.208. The number of halogens is 2. The van der Waals surface area contributed by atoms with Crippen LogP contribution in [0.3, 0.4) is 0 Å². The summed E-state index contributed by atoms with van der Waals surface area (Å²) in [6, 6.07) is 13.1. The van der Waals surface area contributed by atoms with Crippen LogP contribution in [0, 0.1) is 12.7 Å². The van der Waals surface area contributed by atoms with Crippen molar-refractivity contribution in [2.75, 3.05) is 6.54 Å². The van der Waals surface area contributed by atoms with E-state index in [1.54, 1.807) is 11.3 Å². The zero-order valence-corrected chi connectivity index (χ0v) is 15.1. The van der Waals surface area contributed by atoms with Gasteiger partial charge in [0.1, 0.15) is 10.8 Å². The Morgan fingerprint density at radius 3 is 2.52 bits per heavy atom. The summed E-state index contributed by atoms with van der Waals surface area (Å²) in [5.41, 5.74) is 2.44. The lowest BCUT2D eigenvalue weighted by molar-refractivity contribution is 0.0954. The molecule has 1 heterocycles. The molecule has 25 heavy (non-hydrogen) atoms. The van der Waals surface area contributed by atoms with E-state index in [1.807, 2.05) is 31.2 Å². The highest BCUT2D eigenvalue weighted by atomic mass is 35.5. The van der Waals surface area contributed by atoms with Crippen molar-refractivity contribution in [3.8, 4) is 10.6 Å². The SMILES string of the molecule is Cc1nc(-c2ccc(Cl)cc2)sc1CCNC(=O)c1ccc(F)cc1. The van der Waals surface area contributed by atoms with Gasteiger partial charge in [-0.2, -0.15) is 0 Å². The van der Waals surface area contributed by atoms with E-state index in [1.165, 1.54) is 24.3 Å². The average Bonchev–Trinajstić information content (AvgIpc) is 2.97. The first-order chi connectivity index (χ1) is 12.0. The molecule has 1 N–H and O–H groups in total. The van der Waals surface area contributed by atoms with Crippen molar-refractivity contribution in [1.29, 1.82) is 0 Å². The van der Waals surface area contributed by atoms with Crippen molar-refractivity contribution in [2.24, 2.45) is 0 Å². The molecule has 0 aliphatic heterocycles. The van der Waals surface area contributed by atoms with Crippen LogP contribution in [-0.4, -0.2) is 17.4 Å². The van der Waals surface area contributed by atoms with Crippen LogP contribution in [0.5, 0.6) is 0 Å². The van der Waals surface area contributed by atoms with Crippen LogP contribution in [0.15, 0.2) is 48.5 Å². The number of thiazole rings is 1.